The van der Waals surface area contributed by atoms with Crippen LogP contribution in [-0.2, 0) is 15.1 Å². The highest BCUT2D eigenvalue weighted by Gasteiger charge is 2.27. The van der Waals surface area contributed by atoms with Crippen LogP contribution in [-0.4, -0.2) is 11.8 Å². The molecule has 0 aliphatic rings. The maximum Gasteiger partial charge on any atom is 0.224 e. The Kier molecular flexibility index (Phi) is 6.73. The van der Waals surface area contributed by atoms with Crippen molar-refractivity contribution in [3.63, 3.8) is 0 Å². The van der Waals surface area contributed by atoms with Crippen molar-refractivity contribution in [2.45, 2.75) is 39.2 Å². The third kappa shape index (κ3) is 5.06. The Balaban J connectivity index is 2.55. The number of hydrogen-bond acceptors (Lipinski definition) is 2. The van der Waals surface area contributed by atoms with Gasteiger partial charge in [-0.3, -0.25) is 9.59 Å². The smallest absolute Gasteiger partial charge is 0.224 e. The summed E-state index contributed by atoms with van der Waals surface area (Å²) in [6.07, 6.45) is 2.69. The quantitative estimate of drug-likeness (QED) is 0.793. The van der Waals surface area contributed by atoms with E-state index in [9.17, 15) is 9.59 Å². The van der Waals surface area contributed by atoms with Crippen LogP contribution in [0.25, 0.3) is 5.70 Å². The lowest BCUT2D eigenvalue weighted by molar-refractivity contribution is -0.122. The molecule has 0 radical (unpaired) electrons. The molecule has 2 amide bonds. The molecule has 4 heteroatoms. The Morgan fingerprint density at radius 3 is 1.96 bits per heavy atom. The van der Waals surface area contributed by atoms with Crippen LogP contribution >= 0.6 is 0 Å². The molecule has 26 heavy (non-hydrogen) atoms. The number of amides is 2. The first-order valence-electron chi connectivity index (χ1n) is 8.93. The monoisotopic (exact) mass is 350 g/mol. The third-order valence-electron chi connectivity index (χ3n) is 4.21. The Bertz CT molecular complexity index is 769. The molecule has 2 aromatic rings. The fourth-order valence-electron chi connectivity index (χ4n) is 2.69. The highest BCUT2D eigenvalue weighted by Crippen LogP contribution is 2.26. The molecule has 4 nitrogen and oxygen atoms in total. The first kappa shape index (κ1) is 19.4. The Morgan fingerprint density at radius 2 is 1.42 bits per heavy atom. The molecule has 1 atom stereocenters. The summed E-state index contributed by atoms with van der Waals surface area (Å²) in [6, 6.07) is 19.4. The minimum absolute atomic E-state index is 0.0539. The van der Waals surface area contributed by atoms with Gasteiger partial charge < -0.3 is 10.6 Å². The van der Waals surface area contributed by atoms with Gasteiger partial charge in [0, 0.05) is 18.5 Å². The summed E-state index contributed by atoms with van der Waals surface area (Å²) < 4.78 is 0. The summed E-state index contributed by atoms with van der Waals surface area (Å²) in [5, 5.41) is 6.05. The van der Waals surface area contributed by atoms with Crippen molar-refractivity contribution < 1.29 is 9.59 Å². The van der Waals surface area contributed by atoms with E-state index in [1.54, 1.807) is 0 Å². The van der Waals surface area contributed by atoms with Gasteiger partial charge in [0.2, 0.25) is 11.8 Å². The Morgan fingerprint density at radius 1 is 0.885 bits per heavy atom. The summed E-state index contributed by atoms with van der Waals surface area (Å²) in [5.41, 5.74) is 1.77. The average Bonchev–Trinajstić information content (AvgIpc) is 2.68. The van der Waals surface area contributed by atoms with Gasteiger partial charge in [0.1, 0.15) is 0 Å². The normalized spacial score (nSPS) is 13.6. The molecular weight excluding hydrogens is 324 g/mol. The standard InChI is InChI=1S/C22H26N2O2/c1-4-20(25)23-19(17-12-8-6-9-13-17)16-22(3,24-21(26)5-2)18-14-10-7-11-15-18/h6-16H,4-5H2,1-3H3,(H,23,25)(H,24,26)/b19-16-. The summed E-state index contributed by atoms with van der Waals surface area (Å²) in [7, 11) is 0. The zero-order chi connectivity index (χ0) is 19.0. The molecule has 0 saturated carbocycles. The van der Waals surface area contributed by atoms with E-state index >= 15 is 0 Å². The molecular formula is C22H26N2O2. The second-order valence-electron chi connectivity index (χ2n) is 6.30. The number of carbonyl (C=O) groups excluding carboxylic acids is 2. The molecule has 0 aliphatic carbocycles. The maximum absolute atomic E-state index is 12.2. The van der Waals surface area contributed by atoms with E-state index in [1.165, 1.54) is 0 Å². The topological polar surface area (TPSA) is 58.2 Å². The maximum atomic E-state index is 12.2. The van der Waals surface area contributed by atoms with Gasteiger partial charge in [-0.15, -0.1) is 0 Å². The third-order valence-corrected chi connectivity index (χ3v) is 4.21. The van der Waals surface area contributed by atoms with Crippen LogP contribution in [0.15, 0.2) is 66.7 Å². The second kappa shape index (κ2) is 8.99. The minimum Gasteiger partial charge on any atom is -0.343 e. The van der Waals surface area contributed by atoms with Crippen LogP contribution in [0.2, 0.25) is 0 Å². The summed E-state index contributed by atoms with van der Waals surface area (Å²) >= 11 is 0. The van der Waals surface area contributed by atoms with E-state index in [1.807, 2.05) is 87.5 Å². The lowest BCUT2D eigenvalue weighted by Gasteiger charge is -2.30. The number of carbonyl (C=O) groups is 2. The largest absolute Gasteiger partial charge is 0.343 e. The minimum atomic E-state index is -0.749. The zero-order valence-electron chi connectivity index (χ0n) is 15.6. The average molecular weight is 350 g/mol. The van der Waals surface area contributed by atoms with Crippen molar-refractivity contribution in [1.82, 2.24) is 10.6 Å². The first-order valence-corrected chi connectivity index (χ1v) is 8.93. The summed E-state index contributed by atoms with van der Waals surface area (Å²) in [6.45, 7) is 5.57. The van der Waals surface area contributed by atoms with Crippen molar-refractivity contribution >= 4 is 17.5 Å². The van der Waals surface area contributed by atoms with Crippen LogP contribution in [0.4, 0.5) is 0 Å². The van der Waals surface area contributed by atoms with E-state index in [0.717, 1.165) is 11.1 Å². The van der Waals surface area contributed by atoms with Crippen LogP contribution in [0, 0.1) is 0 Å². The molecule has 0 aliphatic heterocycles. The fourth-order valence-corrected chi connectivity index (χ4v) is 2.69. The molecule has 1 unspecified atom stereocenters. The van der Waals surface area contributed by atoms with E-state index in [4.69, 9.17) is 0 Å². The lowest BCUT2D eigenvalue weighted by Crippen LogP contribution is -2.42. The molecule has 0 aromatic heterocycles. The predicted octanol–water partition coefficient (Wildman–Crippen LogP) is 4.00. The van der Waals surface area contributed by atoms with E-state index in [-0.39, 0.29) is 11.8 Å². The van der Waals surface area contributed by atoms with Gasteiger partial charge in [-0.05, 0) is 24.1 Å². The van der Waals surface area contributed by atoms with E-state index < -0.39 is 5.54 Å². The summed E-state index contributed by atoms with van der Waals surface area (Å²) in [5.74, 6) is -0.126. The molecule has 2 rings (SSSR count). The van der Waals surface area contributed by atoms with Crippen molar-refractivity contribution in [3.8, 4) is 0 Å². The van der Waals surface area contributed by atoms with Gasteiger partial charge in [-0.2, -0.15) is 0 Å². The number of nitrogens with one attached hydrogen (secondary N) is 2. The predicted molar refractivity (Wildman–Crippen MR) is 105 cm³/mol. The van der Waals surface area contributed by atoms with E-state index in [2.05, 4.69) is 10.6 Å². The SMILES string of the molecule is CCC(=O)N/C(=C\C(C)(NC(=O)CC)c1ccccc1)c1ccccc1. The molecule has 136 valence electrons. The van der Waals surface area contributed by atoms with Crippen LogP contribution in [0.5, 0.6) is 0 Å². The fraction of sp³-hybridized carbons (Fsp3) is 0.273. The van der Waals surface area contributed by atoms with Crippen molar-refractivity contribution in [3.05, 3.63) is 77.9 Å². The van der Waals surface area contributed by atoms with Crippen LogP contribution < -0.4 is 10.6 Å². The summed E-state index contributed by atoms with van der Waals surface area (Å²) in [4.78, 5) is 24.2. The van der Waals surface area contributed by atoms with Crippen LogP contribution in [0.3, 0.4) is 0 Å². The molecule has 0 spiro atoms. The van der Waals surface area contributed by atoms with Gasteiger partial charge in [0.25, 0.3) is 0 Å². The highest BCUT2D eigenvalue weighted by atomic mass is 16.2. The van der Waals surface area contributed by atoms with Gasteiger partial charge in [-0.25, -0.2) is 0 Å². The van der Waals surface area contributed by atoms with Crippen molar-refractivity contribution in [1.29, 1.82) is 0 Å². The highest BCUT2D eigenvalue weighted by molar-refractivity contribution is 5.87. The Hall–Kier alpha value is -2.88. The lowest BCUT2D eigenvalue weighted by atomic mass is 9.89. The molecule has 0 saturated heterocycles. The van der Waals surface area contributed by atoms with Crippen molar-refractivity contribution in [2.24, 2.45) is 0 Å². The number of benzene rings is 2. The molecule has 2 N–H and O–H groups in total. The van der Waals surface area contributed by atoms with Gasteiger partial charge in [0.05, 0.1) is 5.54 Å². The molecule has 0 fully saturated rings. The second-order valence-corrected chi connectivity index (χ2v) is 6.30. The zero-order valence-corrected chi connectivity index (χ0v) is 15.6. The van der Waals surface area contributed by atoms with Crippen molar-refractivity contribution in [2.75, 3.05) is 0 Å². The number of hydrogen-bond donors (Lipinski definition) is 2. The number of rotatable bonds is 7. The molecule has 0 bridgehead atoms. The first-order chi connectivity index (χ1) is 12.5. The molecule has 2 aromatic carbocycles. The Labute approximate surface area is 155 Å². The molecule has 0 heterocycles. The van der Waals surface area contributed by atoms with Gasteiger partial charge >= 0.3 is 0 Å². The van der Waals surface area contributed by atoms with Gasteiger partial charge in [0.15, 0.2) is 0 Å². The van der Waals surface area contributed by atoms with E-state index in [0.29, 0.717) is 18.5 Å². The van der Waals surface area contributed by atoms with Gasteiger partial charge in [-0.1, -0.05) is 74.5 Å². The van der Waals surface area contributed by atoms with Crippen LogP contribution in [0.1, 0.15) is 44.7 Å².